The van der Waals surface area contributed by atoms with E-state index in [4.69, 9.17) is 4.74 Å². The van der Waals surface area contributed by atoms with Gasteiger partial charge in [0.25, 0.3) is 5.91 Å². The molecule has 1 aromatic carbocycles. The van der Waals surface area contributed by atoms with E-state index in [1.807, 2.05) is 40.6 Å². The first kappa shape index (κ1) is 16.7. The van der Waals surface area contributed by atoms with Crippen molar-refractivity contribution in [3.8, 4) is 5.75 Å². The van der Waals surface area contributed by atoms with Crippen LogP contribution in [0.4, 0.5) is 5.13 Å². The Morgan fingerprint density at radius 2 is 2.00 bits per heavy atom. The zero-order valence-corrected chi connectivity index (χ0v) is 14.7. The van der Waals surface area contributed by atoms with E-state index in [0.717, 1.165) is 29.3 Å². The summed E-state index contributed by atoms with van der Waals surface area (Å²) in [6.45, 7) is 0. The molecule has 1 aliphatic carbocycles. The van der Waals surface area contributed by atoms with Gasteiger partial charge in [0.1, 0.15) is 5.75 Å². The van der Waals surface area contributed by atoms with E-state index in [1.165, 1.54) is 30.6 Å². The van der Waals surface area contributed by atoms with Gasteiger partial charge in [0, 0.05) is 23.7 Å². The molecule has 1 fully saturated rings. The van der Waals surface area contributed by atoms with Gasteiger partial charge in [-0.1, -0.05) is 31.4 Å². The van der Waals surface area contributed by atoms with Crippen molar-refractivity contribution in [2.75, 3.05) is 12.0 Å². The van der Waals surface area contributed by atoms with Gasteiger partial charge in [-0.2, -0.15) is 0 Å². The number of hydrogen-bond donors (Lipinski definition) is 0. The van der Waals surface area contributed by atoms with Crippen LogP contribution in [0.5, 0.6) is 5.75 Å². The number of nitrogens with zero attached hydrogens (tertiary/aromatic N) is 2. The molecule has 0 saturated heterocycles. The SMILES string of the molecule is COc1ccc(/C=C/C(=O)N(c2nccs2)C2CCCCC2)cc1. The monoisotopic (exact) mass is 342 g/mol. The Morgan fingerprint density at radius 3 is 2.62 bits per heavy atom. The number of ether oxygens (including phenoxy) is 1. The topological polar surface area (TPSA) is 42.4 Å². The molecule has 0 bridgehead atoms. The summed E-state index contributed by atoms with van der Waals surface area (Å²) < 4.78 is 5.16. The summed E-state index contributed by atoms with van der Waals surface area (Å²) in [7, 11) is 1.64. The first-order valence-electron chi connectivity index (χ1n) is 8.33. The maximum atomic E-state index is 12.8. The van der Waals surface area contributed by atoms with Crippen molar-refractivity contribution in [2.24, 2.45) is 0 Å². The lowest BCUT2D eigenvalue weighted by Crippen LogP contribution is -2.40. The van der Waals surface area contributed by atoms with Gasteiger partial charge in [-0.15, -0.1) is 11.3 Å². The minimum absolute atomic E-state index is 0.00710. The molecule has 4 nitrogen and oxygen atoms in total. The molecular weight excluding hydrogens is 320 g/mol. The fourth-order valence-electron chi connectivity index (χ4n) is 3.07. The van der Waals surface area contributed by atoms with Crippen molar-refractivity contribution in [3.63, 3.8) is 0 Å². The zero-order valence-electron chi connectivity index (χ0n) is 13.9. The lowest BCUT2D eigenvalue weighted by atomic mass is 9.94. The molecule has 24 heavy (non-hydrogen) atoms. The van der Waals surface area contributed by atoms with Gasteiger partial charge >= 0.3 is 0 Å². The molecule has 0 atom stereocenters. The summed E-state index contributed by atoms with van der Waals surface area (Å²) in [5.74, 6) is 0.817. The summed E-state index contributed by atoms with van der Waals surface area (Å²) >= 11 is 1.52. The van der Waals surface area contributed by atoms with Crippen LogP contribution in [-0.4, -0.2) is 24.0 Å². The third-order valence-corrected chi connectivity index (χ3v) is 5.11. The number of benzene rings is 1. The molecule has 0 aliphatic heterocycles. The molecule has 1 amide bonds. The molecule has 1 heterocycles. The average Bonchev–Trinajstić information content (AvgIpc) is 3.15. The van der Waals surface area contributed by atoms with E-state index in [2.05, 4.69) is 4.98 Å². The first-order valence-corrected chi connectivity index (χ1v) is 9.21. The number of carbonyl (C=O) groups is 1. The number of aromatic nitrogens is 1. The van der Waals surface area contributed by atoms with Crippen LogP contribution in [-0.2, 0) is 4.79 Å². The number of thiazole rings is 1. The maximum absolute atomic E-state index is 12.8. The second kappa shape index (κ2) is 8.11. The van der Waals surface area contributed by atoms with Gasteiger partial charge in [0.15, 0.2) is 5.13 Å². The van der Waals surface area contributed by atoms with E-state index in [0.29, 0.717) is 0 Å². The molecule has 0 N–H and O–H groups in total. The number of amides is 1. The Balaban J connectivity index is 1.76. The van der Waals surface area contributed by atoms with E-state index in [1.54, 1.807) is 19.4 Å². The molecule has 3 rings (SSSR count). The third-order valence-electron chi connectivity index (χ3n) is 4.34. The van der Waals surface area contributed by atoms with Gasteiger partial charge in [-0.25, -0.2) is 4.98 Å². The number of anilines is 1. The molecule has 0 unspecified atom stereocenters. The molecule has 0 spiro atoms. The predicted molar refractivity (Wildman–Crippen MR) is 98.5 cm³/mol. The summed E-state index contributed by atoms with van der Waals surface area (Å²) in [5, 5.41) is 2.72. The largest absolute Gasteiger partial charge is 0.497 e. The highest BCUT2D eigenvalue weighted by molar-refractivity contribution is 7.13. The van der Waals surface area contributed by atoms with Crippen LogP contribution < -0.4 is 9.64 Å². The second-order valence-corrected chi connectivity index (χ2v) is 6.79. The van der Waals surface area contributed by atoms with Crippen molar-refractivity contribution in [1.82, 2.24) is 4.98 Å². The fourth-order valence-corrected chi connectivity index (χ4v) is 3.79. The van der Waals surface area contributed by atoms with Crippen LogP contribution in [0.1, 0.15) is 37.7 Å². The summed E-state index contributed by atoms with van der Waals surface area (Å²) in [6.07, 6.45) is 11.0. The molecule has 1 aromatic heterocycles. The molecule has 0 radical (unpaired) electrons. The lowest BCUT2D eigenvalue weighted by Gasteiger charge is -2.31. The number of rotatable bonds is 5. The lowest BCUT2D eigenvalue weighted by molar-refractivity contribution is -0.114. The van der Waals surface area contributed by atoms with Gasteiger partial charge in [0.2, 0.25) is 0 Å². The van der Waals surface area contributed by atoms with Gasteiger partial charge in [-0.05, 0) is 36.6 Å². The second-order valence-electron chi connectivity index (χ2n) is 5.92. The number of carbonyl (C=O) groups excluding carboxylic acids is 1. The molecular formula is C19H22N2O2S. The number of hydrogen-bond acceptors (Lipinski definition) is 4. The Hall–Kier alpha value is -2.14. The Bertz CT molecular complexity index is 674. The highest BCUT2D eigenvalue weighted by atomic mass is 32.1. The Labute approximate surface area is 146 Å². The molecule has 126 valence electrons. The minimum atomic E-state index is 0.00710. The molecule has 1 aliphatic rings. The molecule has 1 saturated carbocycles. The van der Waals surface area contributed by atoms with Gasteiger partial charge in [0.05, 0.1) is 7.11 Å². The van der Waals surface area contributed by atoms with Gasteiger partial charge in [-0.3, -0.25) is 9.69 Å². The first-order chi connectivity index (χ1) is 11.8. The van der Waals surface area contributed by atoms with Crippen molar-refractivity contribution >= 4 is 28.5 Å². The fraction of sp³-hybridized carbons (Fsp3) is 0.368. The van der Waals surface area contributed by atoms with Crippen molar-refractivity contribution in [1.29, 1.82) is 0 Å². The van der Waals surface area contributed by atoms with Crippen LogP contribution in [0.15, 0.2) is 41.9 Å². The van der Waals surface area contributed by atoms with E-state index >= 15 is 0 Å². The van der Waals surface area contributed by atoms with Crippen LogP contribution >= 0.6 is 11.3 Å². The van der Waals surface area contributed by atoms with Crippen molar-refractivity contribution < 1.29 is 9.53 Å². The number of methoxy groups -OCH3 is 1. The van der Waals surface area contributed by atoms with E-state index in [9.17, 15) is 4.79 Å². The standard InChI is InChI=1S/C19H22N2O2S/c1-23-17-10-7-15(8-11-17)9-12-18(22)21(19-20-13-14-24-19)16-5-3-2-4-6-16/h7-14,16H,2-6H2,1H3/b12-9+. The molecule has 2 aromatic rings. The van der Waals surface area contributed by atoms with Crippen LogP contribution in [0, 0.1) is 0 Å². The highest BCUT2D eigenvalue weighted by Crippen LogP contribution is 2.29. The molecule has 5 heteroatoms. The quantitative estimate of drug-likeness (QED) is 0.750. The Morgan fingerprint density at radius 1 is 1.25 bits per heavy atom. The smallest absolute Gasteiger partial charge is 0.253 e. The predicted octanol–water partition coefficient (Wildman–Crippen LogP) is 4.53. The summed E-state index contributed by atoms with van der Waals surface area (Å²) in [6, 6.07) is 7.93. The minimum Gasteiger partial charge on any atom is -0.497 e. The normalized spacial score (nSPS) is 15.5. The van der Waals surface area contributed by atoms with Crippen LogP contribution in [0.25, 0.3) is 6.08 Å². The Kier molecular flexibility index (Phi) is 5.64. The van der Waals surface area contributed by atoms with Crippen LogP contribution in [0.3, 0.4) is 0 Å². The average molecular weight is 342 g/mol. The summed E-state index contributed by atoms with van der Waals surface area (Å²) in [5.41, 5.74) is 0.979. The zero-order chi connectivity index (χ0) is 16.8. The van der Waals surface area contributed by atoms with E-state index < -0.39 is 0 Å². The third kappa shape index (κ3) is 4.03. The highest BCUT2D eigenvalue weighted by Gasteiger charge is 2.27. The van der Waals surface area contributed by atoms with Crippen LogP contribution in [0.2, 0.25) is 0 Å². The maximum Gasteiger partial charge on any atom is 0.253 e. The van der Waals surface area contributed by atoms with Crippen molar-refractivity contribution in [2.45, 2.75) is 38.1 Å². The van der Waals surface area contributed by atoms with E-state index in [-0.39, 0.29) is 11.9 Å². The van der Waals surface area contributed by atoms with Gasteiger partial charge < -0.3 is 4.74 Å². The summed E-state index contributed by atoms with van der Waals surface area (Å²) in [4.78, 5) is 19.1. The van der Waals surface area contributed by atoms with Crippen molar-refractivity contribution in [3.05, 3.63) is 47.5 Å².